The van der Waals surface area contributed by atoms with E-state index in [-0.39, 0.29) is 0 Å². The highest BCUT2D eigenvalue weighted by Crippen LogP contribution is 2.29. The molecule has 0 bridgehead atoms. The van der Waals surface area contributed by atoms with Crippen molar-refractivity contribution in [1.82, 2.24) is 15.0 Å². The van der Waals surface area contributed by atoms with Crippen molar-refractivity contribution in [2.75, 3.05) is 48.9 Å². The van der Waals surface area contributed by atoms with E-state index in [0.29, 0.717) is 65.6 Å². The van der Waals surface area contributed by atoms with Crippen LogP contribution in [0.1, 0.15) is 0 Å². The summed E-state index contributed by atoms with van der Waals surface area (Å²) in [5.41, 5.74) is 1.46. The number of aromatic nitrogens is 3. The average molecular weight is 447 g/mol. The molecule has 30 heavy (non-hydrogen) atoms. The molecule has 0 atom stereocenters. The Morgan fingerprint density at radius 3 is 2.40 bits per heavy atom. The lowest BCUT2D eigenvalue weighted by Gasteiger charge is -2.27. The molecule has 2 N–H and O–H groups in total. The lowest BCUT2D eigenvalue weighted by molar-refractivity contribution is 0.122. The minimum absolute atomic E-state index is 0.377. The van der Waals surface area contributed by atoms with Gasteiger partial charge in [0.25, 0.3) is 0 Å². The fraction of sp³-hybridized carbons (Fsp3) is 0.250. The summed E-state index contributed by atoms with van der Waals surface area (Å²) >= 11 is 12.1. The highest BCUT2D eigenvalue weighted by molar-refractivity contribution is 6.42. The van der Waals surface area contributed by atoms with Crippen LogP contribution in [0.4, 0.5) is 29.2 Å². The second-order valence-electron chi connectivity index (χ2n) is 6.46. The zero-order chi connectivity index (χ0) is 20.9. The number of anilines is 5. The van der Waals surface area contributed by atoms with Crippen LogP contribution >= 0.6 is 23.2 Å². The van der Waals surface area contributed by atoms with E-state index in [0.717, 1.165) is 5.69 Å². The zero-order valence-electron chi connectivity index (χ0n) is 16.2. The van der Waals surface area contributed by atoms with E-state index >= 15 is 0 Å². The minimum atomic E-state index is 0.377. The molecular weight excluding hydrogens is 427 g/mol. The number of nitrogens with one attached hydrogen (secondary N) is 2. The number of para-hydroxylation sites is 2. The van der Waals surface area contributed by atoms with Crippen molar-refractivity contribution in [3.8, 4) is 5.75 Å². The fourth-order valence-electron chi connectivity index (χ4n) is 2.95. The Hall–Kier alpha value is -2.81. The molecule has 0 radical (unpaired) electrons. The second-order valence-corrected chi connectivity index (χ2v) is 7.28. The Morgan fingerprint density at radius 1 is 0.933 bits per heavy atom. The second kappa shape index (κ2) is 9.34. The van der Waals surface area contributed by atoms with Gasteiger partial charge in [0.05, 0.1) is 36.1 Å². The number of rotatable bonds is 6. The van der Waals surface area contributed by atoms with Gasteiger partial charge in [-0.15, -0.1) is 0 Å². The van der Waals surface area contributed by atoms with Crippen LogP contribution in [0.2, 0.25) is 10.0 Å². The summed E-state index contributed by atoms with van der Waals surface area (Å²) in [5, 5.41) is 7.31. The van der Waals surface area contributed by atoms with Crippen LogP contribution in [0.5, 0.6) is 5.75 Å². The monoisotopic (exact) mass is 446 g/mol. The average Bonchev–Trinajstić information content (AvgIpc) is 2.77. The van der Waals surface area contributed by atoms with Crippen molar-refractivity contribution in [1.29, 1.82) is 0 Å². The van der Waals surface area contributed by atoms with E-state index < -0.39 is 0 Å². The molecule has 1 aromatic heterocycles. The van der Waals surface area contributed by atoms with Crippen LogP contribution in [0, 0.1) is 0 Å². The first-order valence-electron chi connectivity index (χ1n) is 9.33. The maximum atomic E-state index is 6.13. The predicted molar refractivity (Wildman–Crippen MR) is 119 cm³/mol. The van der Waals surface area contributed by atoms with Crippen LogP contribution in [-0.2, 0) is 4.74 Å². The molecule has 0 saturated carbocycles. The number of nitrogens with zero attached hydrogens (tertiary/aromatic N) is 4. The number of benzene rings is 2. The van der Waals surface area contributed by atoms with Gasteiger partial charge in [0, 0.05) is 18.8 Å². The lowest BCUT2D eigenvalue weighted by atomic mass is 10.3. The number of hydrogen-bond donors (Lipinski definition) is 2. The molecule has 1 aliphatic heterocycles. The molecular formula is C20H20Cl2N6O2. The van der Waals surface area contributed by atoms with Gasteiger partial charge in [-0.25, -0.2) is 0 Å². The van der Waals surface area contributed by atoms with Crippen LogP contribution in [0.3, 0.4) is 0 Å². The van der Waals surface area contributed by atoms with Crippen LogP contribution < -0.4 is 20.3 Å². The molecule has 1 fully saturated rings. The van der Waals surface area contributed by atoms with E-state index in [2.05, 4.69) is 30.5 Å². The van der Waals surface area contributed by atoms with Gasteiger partial charge >= 0.3 is 0 Å². The van der Waals surface area contributed by atoms with Crippen LogP contribution in [0.25, 0.3) is 0 Å². The third-order valence-electron chi connectivity index (χ3n) is 4.45. The summed E-state index contributed by atoms with van der Waals surface area (Å²) in [6.07, 6.45) is 0. The van der Waals surface area contributed by atoms with E-state index in [1.807, 2.05) is 24.3 Å². The smallest absolute Gasteiger partial charge is 0.233 e. The third kappa shape index (κ3) is 4.84. The van der Waals surface area contributed by atoms with Crippen molar-refractivity contribution in [2.45, 2.75) is 0 Å². The van der Waals surface area contributed by atoms with E-state index in [1.165, 1.54) is 0 Å². The molecule has 3 aromatic rings. The molecule has 0 unspecified atom stereocenters. The van der Waals surface area contributed by atoms with Gasteiger partial charge < -0.3 is 25.0 Å². The Bertz CT molecular complexity index is 1030. The quantitative estimate of drug-likeness (QED) is 0.571. The normalized spacial score (nSPS) is 13.8. The van der Waals surface area contributed by atoms with Crippen molar-refractivity contribution >= 4 is 52.4 Å². The van der Waals surface area contributed by atoms with E-state index in [1.54, 1.807) is 25.3 Å². The summed E-state index contributed by atoms with van der Waals surface area (Å²) in [4.78, 5) is 15.7. The molecule has 10 heteroatoms. The van der Waals surface area contributed by atoms with Gasteiger partial charge in [0.2, 0.25) is 17.8 Å². The van der Waals surface area contributed by atoms with Gasteiger partial charge in [0.15, 0.2) is 0 Å². The SMILES string of the molecule is COc1ccccc1Nc1nc(Nc2ccc(Cl)c(Cl)c2)nc(N2CCOCC2)n1. The fourth-order valence-corrected chi connectivity index (χ4v) is 3.25. The molecule has 1 saturated heterocycles. The molecule has 156 valence electrons. The summed E-state index contributed by atoms with van der Waals surface area (Å²) in [5.74, 6) is 2.00. The van der Waals surface area contributed by atoms with Crippen molar-refractivity contribution in [2.24, 2.45) is 0 Å². The molecule has 0 aliphatic carbocycles. The first-order valence-corrected chi connectivity index (χ1v) is 10.1. The van der Waals surface area contributed by atoms with Gasteiger partial charge in [-0.2, -0.15) is 15.0 Å². The van der Waals surface area contributed by atoms with Gasteiger partial charge in [-0.05, 0) is 30.3 Å². The Labute approximate surface area is 184 Å². The topological polar surface area (TPSA) is 84.4 Å². The summed E-state index contributed by atoms with van der Waals surface area (Å²) in [6.45, 7) is 2.64. The van der Waals surface area contributed by atoms with E-state index in [4.69, 9.17) is 32.7 Å². The van der Waals surface area contributed by atoms with Crippen LogP contribution in [0.15, 0.2) is 42.5 Å². The number of hydrogen-bond acceptors (Lipinski definition) is 8. The highest BCUT2D eigenvalue weighted by Gasteiger charge is 2.17. The maximum absolute atomic E-state index is 6.13. The van der Waals surface area contributed by atoms with Crippen molar-refractivity contribution in [3.05, 3.63) is 52.5 Å². The molecule has 0 amide bonds. The third-order valence-corrected chi connectivity index (χ3v) is 5.19. The number of morpholine rings is 1. The summed E-state index contributed by atoms with van der Waals surface area (Å²) < 4.78 is 10.9. The lowest BCUT2D eigenvalue weighted by Crippen LogP contribution is -2.37. The number of halogens is 2. The van der Waals surface area contributed by atoms with Gasteiger partial charge in [0.1, 0.15) is 5.75 Å². The van der Waals surface area contributed by atoms with Crippen molar-refractivity contribution < 1.29 is 9.47 Å². The molecule has 0 spiro atoms. The Balaban J connectivity index is 1.67. The first kappa shape index (κ1) is 20.5. The molecule has 2 heterocycles. The Morgan fingerprint density at radius 2 is 1.67 bits per heavy atom. The van der Waals surface area contributed by atoms with Gasteiger partial charge in [-0.1, -0.05) is 35.3 Å². The molecule has 2 aromatic carbocycles. The maximum Gasteiger partial charge on any atom is 0.233 e. The van der Waals surface area contributed by atoms with Crippen molar-refractivity contribution in [3.63, 3.8) is 0 Å². The highest BCUT2D eigenvalue weighted by atomic mass is 35.5. The number of methoxy groups -OCH3 is 1. The largest absolute Gasteiger partial charge is 0.495 e. The van der Waals surface area contributed by atoms with E-state index in [9.17, 15) is 0 Å². The van der Waals surface area contributed by atoms with Crippen LogP contribution in [-0.4, -0.2) is 48.4 Å². The minimum Gasteiger partial charge on any atom is -0.495 e. The molecule has 8 nitrogen and oxygen atoms in total. The number of ether oxygens (including phenoxy) is 2. The predicted octanol–water partition coefficient (Wildman–Crippen LogP) is 4.51. The first-order chi connectivity index (χ1) is 14.6. The Kier molecular flexibility index (Phi) is 6.37. The molecule has 4 rings (SSSR count). The summed E-state index contributed by atoms with van der Waals surface area (Å²) in [7, 11) is 1.62. The van der Waals surface area contributed by atoms with Gasteiger partial charge in [-0.3, -0.25) is 0 Å². The molecule has 1 aliphatic rings. The zero-order valence-corrected chi connectivity index (χ0v) is 17.7. The standard InChI is InChI=1S/C20H20Cl2N6O2/c1-29-17-5-3-2-4-16(17)24-19-25-18(23-13-6-7-14(21)15(22)12-13)26-20(27-19)28-8-10-30-11-9-28/h2-7,12H,8-11H2,1H3,(H2,23,24,25,26,27). The summed E-state index contributed by atoms with van der Waals surface area (Å²) in [6, 6.07) is 12.8.